The van der Waals surface area contributed by atoms with Gasteiger partial charge in [0.15, 0.2) is 0 Å². The minimum absolute atomic E-state index is 0.531. The molecule has 0 aromatic carbocycles. The second kappa shape index (κ2) is 10.3. The van der Waals surface area contributed by atoms with Crippen molar-refractivity contribution >= 4 is 11.6 Å². The highest BCUT2D eigenvalue weighted by atomic mass is 35.5. The largest absolute Gasteiger partial charge is 0.241 e. The fraction of sp³-hybridized carbons (Fsp3) is 0.652. The molecule has 0 spiro atoms. The van der Waals surface area contributed by atoms with Crippen molar-refractivity contribution in [3.63, 3.8) is 0 Å². The maximum Gasteiger partial charge on any atom is 0.131 e. The van der Waals surface area contributed by atoms with Crippen LogP contribution in [0.5, 0.6) is 0 Å². The first-order chi connectivity index (χ1) is 12.8. The Hall–Kier alpha value is -1.15. The van der Waals surface area contributed by atoms with Crippen LogP contribution in [0.3, 0.4) is 0 Å². The molecule has 1 aromatic rings. The first-order valence-electron chi connectivity index (χ1n) is 10.6. The molecule has 2 saturated carbocycles. The predicted octanol–water partition coefficient (Wildman–Crippen LogP) is 7.13. The average molecular weight is 373 g/mol. The summed E-state index contributed by atoms with van der Waals surface area (Å²) < 4.78 is 0. The fourth-order valence-corrected chi connectivity index (χ4v) is 4.75. The molecule has 0 amide bonds. The van der Waals surface area contributed by atoms with Crippen molar-refractivity contribution < 1.29 is 0 Å². The molecule has 0 N–H and O–H groups in total. The standard InChI is InChI=1S/C23H33ClN2/c1-2-3-4-5-18-6-10-20(11-7-18)22-16-25-23(26-17-22)21-12-8-19(9-13-21)14-15-24/h4-5,14-21H,2-3,6-13H2,1H3/b5-4+,15-14+. The van der Waals surface area contributed by atoms with E-state index in [-0.39, 0.29) is 0 Å². The predicted molar refractivity (Wildman–Crippen MR) is 110 cm³/mol. The van der Waals surface area contributed by atoms with Gasteiger partial charge in [0.1, 0.15) is 5.82 Å². The van der Waals surface area contributed by atoms with Crippen LogP contribution >= 0.6 is 11.6 Å². The summed E-state index contributed by atoms with van der Waals surface area (Å²) in [6.07, 6.45) is 23.6. The molecule has 0 bridgehead atoms. The van der Waals surface area contributed by atoms with Crippen LogP contribution in [0.25, 0.3) is 0 Å². The van der Waals surface area contributed by atoms with Crippen LogP contribution < -0.4 is 0 Å². The van der Waals surface area contributed by atoms with Crippen LogP contribution in [0.1, 0.15) is 94.4 Å². The molecule has 0 radical (unpaired) electrons. The zero-order chi connectivity index (χ0) is 18.2. The van der Waals surface area contributed by atoms with Crippen molar-refractivity contribution in [1.29, 1.82) is 0 Å². The summed E-state index contributed by atoms with van der Waals surface area (Å²) in [6, 6.07) is 0. The summed E-state index contributed by atoms with van der Waals surface area (Å²) in [7, 11) is 0. The number of aromatic nitrogens is 2. The van der Waals surface area contributed by atoms with Gasteiger partial charge in [-0.1, -0.05) is 43.2 Å². The first-order valence-corrected chi connectivity index (χ1v) is 11.0. The van der Waals surface area contributed by atoms with E-state index < -0.39 is 0 Å². The number of halogens is 1. The third-order valence-corrected chi connectivity index (χ3v) is 6.43. The number of nitrogens with zero attached hydrogens (tertiary/aromatic N) is 2. The highest BCUT2D eigenvalue weighted by molar-refractivity contribution is 6.25. The van der Waals surface area contributed by atoms with Gasteiger partial charge in [-0.25, -0.2) is 9.97 Å². The van der Waals surface area contributed by atoms with Gasteiger partial charge in [0.05, 0.1) is 0 Å². The normalized spacial score (nSPS) is 30.2. The molecule has 3 rings (SSSR count). The molecule has 0 unspecified atom stereocenters. The number of allylic oxidation sites excluding steroid dienone is 3. The molecule has 2 nitrogen and oxygen atoms in total. The maximum atomic E-state index is 5.71. The van der Waals surface area contributed by atoms with E-state index in [1.165, 1.54) is 69.8 Å². The van der Waals surface area contributed by atoms with E-state index in [2.05, 4.69) is 37.5 Å². The fourth-order valence-electron chi connectivity index (χ4n) is 4.54. The van der Waals surface area contributed by atoms with Crippen LogP contribution in [-0.4, -0.2) is 9.97 Å². The summed E-state index contributed by atoms with van der Waals surface area (Å²) in [5.74, 6) is 3.67. The van der Waals surface area contributed by atoms with Crippen molar-refractivity contribution in [2.24, 2.45) is 11.8 Å². The van der Waals surface area contributed by atoms with Gasteiger partial charge >= 0.3 is 0 Å². The zero-order valence-corrected chi connectivity index (χ0v) is 16.9. The summed E-state index contributed by atoms with van der Waals surface area (Å²) in [5.41, 5.74) is 3.02. The molecular weight excluding hydrogens is 340 g/mol. The molecule has 1 heterocycles. The van der Waals surface area contributed by atoms with Gasteiger partial charge in [0, 0.05) is 23.8 Å². The van der Waals surface area contributed by atoms with Gasteiger partial charge in [-0.3, -0.25) is 0 Å². The van der Waals surface area contributed by atoms with Crippen LogP contribution in [0.4, 0.5) is 0 Å². The molecule has 2 aliphatic rings. The lowest BCUT2D eigenvalue weighted by Crippen LogP contribution is -2.15. The quantitative estimate of drug-likeness (QED) is 0.496. The number of hydrogen-bond donors (Lipinski definition) is 0. The molecule has 3 heteroatoms. The van der Waals surface area contributed by atoms with Gasteiger partial charge in [0.25, 0.3) is 0 Å². The van der Waals surface area contributed by atoms with Crippen LogP contribution in [0.15, 0.2) is 36.2 Å². The Morgan fingerprint density at radius 3 is 2.04 bits per heavy atom. The van der Waals surface area contributed by atoms with E-state index in [0.29, 0.717) is 17.8 Å². The summed E-state index contributed by atoms with van der Waals surface area (Å²) in [5, 5.41) is 0. The highest BCUT2D eigenvalue weighted by Crippen LogP contribution is 2.37. The molecule has 0 saturated heterocycles. The lowest BCUT2D eigenvalue weighted by Gasteiger charge is -2.28. The van der Waals surface area contributed by atoms with E-state index in [0.717, 1.165) is 11.7 Å². The Morgan fingerprint density at radius 2 is 1.46 bits per heavy atom. The third kappa shape index (κ3) is 5.42. The van der Waals surface area contributed by atoms with Crippen molar-refractivity contribution in [3.8, 4) is 0 Å². The first kappa shape index (κ1) is 19.6. The Bertz CT molecular complexity index is 577. The van der Waals surface area contributed by atoms with E-state index >= 15 is 0 Å². The Morgan fingerprint density at radius 1 is 0.885 bits per heavy atom. The lowest BCUT2D eigenvalue weighted by molar-refractivity contribution is 0.362. The minimum atomic E-state index is 0.531. The number of hydrogen-bond acceptors (Lipinski definition) is 2. The topological polar surface area (TPSA) is 25.8 Å². The zero-order valence-electron chi connectivity index (χ0n) is 16.1. The monoisotopic (exact) mass is 372 g/mol. The van der Waals surface area contributed by atoms with Crippen LogP contribution in [0, 0.1) is 11.8 Å². The molecule has 1 aromatic heterocycles. The van der Waals surface area contributed by atoms with Crippen molar-refractivity contribution in [2.45, 2.75) is 83.0 Å². The number of rotatable bonds is 6. The molecular formula is C23H33ClN2. The van der Waals surface area contributed by atoms with Crippen LogP contribution in [0.2, 0.25) is 0 Å². The minimum Gasteiger partial charge on any atom is -0.241 e. The van der Waals surface area contributed by atoms with Crippen LogP contribution in [-0.2, 0) is 0 Å². The van der Waals surface area contributed by atoms with Crippen molar-refractivity contribution in [2.75, 3.05) is 0 Å². The third-order valence-electron chi connectivity index (χ3n) is 6.28. The van der Waals surface area contributed by atoms with E-state index in [1.54, 1.807) is 5.54 Å². The van der Waals surface area contributed by atoms with Gasteiger partial charge in [-0.05, 0) is 81.1 Å². The van der Waals surface area contributed by atoms with E-state index in [9.17, 15) is 0 Å². The highest BCUT2D eigenvalue weighted by Gasteiger charge is 2.24. The van der Waals surface area contributed by atoms with Gasteiger partial charge < -0.3 is 0 Å². The maximum absolute atomic E-state index is 5.71. The second-order valence-electron chi connectivity index (χ2n) is 8.13. The molecule has 2 fully saturated rings. The molecule has 2 aliphatic carbocycles. The van der Waals surface area contributed by atoms with Crippen molar-refractivity contribution in [1.82, 2.24) is 9.97 Å². The summed E-state index contributed by atoms with van der Waals surface area (Å²) >= 11 is 5.71. The molecule has 142 valence electrons. The lowest BCUT2D eigenvalue weighted by atomic mass is 9.79. The molecule has 0 aliphatic heterocycles. The smallest absolute Gasteiger partial charge is 0.131 e. The average Bonchev–Trinajstić information content (AvgIpc) is 2.70. The second-order valence-corrected chi connectivity index (χ2v) is 8.39. The Balaban J connectivity index is 1.49. The van der Waals surface area contributed by atoms with Gasteiger partial charge in [-0.2, -0.15) is 0 Å². The number of unbranched alkanes of at least 4 members (excludes halogenated alkanes) is 1. The molecule has 26 heavy (non-hydrogen) atoms. The SMILES string of the molecule is CCC/C=C/C1CCC(c2cnc(C3CCC(/C=C/Cl)CC3)nc2)CC1. The van der Waals surface area contributed by atoms with E-state index in [1.807, 2.05) is 0 Å². The van der Waals surface area contributed by atoms with Gasteiger partial charge in [0.2, 0.25) is 0 Å². The Labute approximate surface area is 164 Å². The molecule has 0 atom stereocenters. The Kier molecular flexibility index (Phi) is 7.73. The summed E-state index contributed by atoms with van der Waals surface area (Å²) in [4.78, 5) is 9.52. The summed E-state index contributed by atoms with van der Waals surface area (Å²) in [6.45, 7) is 2.24. The van der Waals surface area contributed by atoms with Gasteiger partial charge in [-0.15, -0.1) is 0 Å². The van der Waals surface area contributed by atoms with E-state index in [4.69, 9.17) is 21.6 Å². The van der Waals surface area contributed by atoms with Crippen molar-refractivity contribution in [3.05, 3.63) is 47.5 Å².